The normalized spacial score (nSPS) is 13.3. The number of pyridine rings is 1. The number of primary amides is 1. The van der Waals surface area contributed by atoms with Gasteiger partial charge in [0.2, 0.25) is 5.95 Å². The summed E-state index contributed by atoms with van der Waals surface area (Å²) in [5.41, 5.74) is 8.46. The quantitative estimate of drug-likeness (QED) is 0.853. The average molecular weight is 271 g/mol. The van der Waals surface area contributed by atoms with Gasteiger partial charge in [-0.1, -0.05) is 6.08 Å². The van der Waals surface area contributed by atoms with Crippen LogP contribution in [0.4, 0.5) is 4.39 Å². The molecule has 0 saturated carbocycles. The molecule has 5 heteroatoms. The van der Waals surface area contributed by atoms with E-state index < -0.39 is 11.9 Å². The molecule has 0 fully saturated rings. The summed E-state index contributed by atoms with van der Waals surface area (Å²) in [5.74, 6) is -1.03. The number of fused-ring (bicyclic) bond motifs is 1. The Morgan fingerprint density at radius 3 is 3.00 bits per heavy atom. The number of carbonyl (C=O) groups is 1. The lowest BCUT2D eigenvalue weighted by atomic mass is 10.1. The van der Waals surface area contributed by atoms with Gasteiger partial charge in [0.15, 0.2) is 0 Å². The van der Waals surface area contributed by atoms with Crippen LogP contribution in [0.15, 0.2) is 24.4 Å². The highest BCUT2D eigenvalue weighted by Crippen LogP contribution is 2.34. The molecule has 2 aromatic rings. The monoisotopic (exact) mass is 271 g/mol. The largest absolute Gasteiger partial charge is 0.366 e. The zero-order valence-electron chi connectivity index (χ0n) is 11.1. The summed E-state index contributed by atoms with van der Waals surface area (Å²) in [6.45, 7) is 2.49. The zero-order chi connectivity index (χ0) is 14.3. The molecule has 0 aromatic carbocycles. The molecule has 1 aliphatic rings. The summed E-state index contributed by atoms with van der Waals surface area (Å²) in [5, 5.41) is 0. The highest BCUT2D eigenvalue weighted by atomic mass is 19.1. The van der Waals surface area contributed by atoms with Crippen LogP contribution in [0.25, 0.3) is 17.3 Å². The van der Waals surface area contributed by atoms with E-state index in [2.05, 4.69) is 4.98 Å². The molecule has 1 aliphatic heterocycles. The second-order valence-electron chi connectivity index (χ2n) is 4.78. The van der Waals surface area contributed by atoms with Crippen LogP contribution in [0.3, 0.4) is 0 Å². The summed E-state index contributed by atoms with van der Waals surface area (Å²) >= 11 is 0. The number of nitrogens with two attached hydrogens (primary N) is 1. The Kier molecular flexibility index (Phi) is 2.89. The van der Waals surface area contributed by atoms with Crippen LogP contribution in [0.2, 0.25) is 0 Å². The lowest BCUT2D eigenvalue weighted by Gasteiger charge is -2.15. The van der Waals surface area contributed by atoms with Gasteiger partial charge in [0, 0.05) is 12.7 Å². The lowest BCUT2D eigenvalue weighted by Crippen LogP contribution is -2.14. The summed E-state index contributed by atoms with van der Waals surface area (Å²) in [6, 6.07) is 3.35. The SMILES string of the molecule is Cc1c(C(N)=O)c2n(c1-c1cccnc1F)CCC=C2. The average Bonchev–Trinajstić information content (AvgIpc) is 2.71. The molecule has 4 nitrogen and oxygen atoms in total. The van der Waals surface area contributed by atoms with Gasteiger partial charge in [-0.05, 0) is 37.1 Å². The van der Waals surface area contributed by atoms with Crippen molar-refractivity contribution in [2.24, 2.45) is 5.73 Å². The summed E-state index contributed by atoms with van der Waals surface area (Å²) in [6.07, 6.45) is 6.11. The first-order valence-electron chi connectivity index (χ1n) is 6.41. The minimum Gasteiger partial charge on any atom is -0.366 e. The number of aromatic nitrogens is 2. The van der Waals surface area contributed by atoms with Crippen LogP contribution in [0, 0.1) is 12.9 Å². The first-order valence-corrected chi connectivity index (χ1v) is 6.41. The van der Waals surface area contributed by atoms with Gasteiger partial charge < -0.3 is 10.3 Å². The number of hydrogen-bond acceptors (Lipinski definition) is 2. The van der Waals surface area contributed by atoms with Crippen molar-refractivity contribution in [1.82, 2.24) is 9.55 Å². The van der Waals surface area contributed by atoms with Gasteiger partial charge in [0.25, 0.3) is 5.91 Å². The standard InChI is InChI=1S/C15H14FN3O/c1-9-12(15(17)20)11-6-2-3-8-19(11)13(9)10-5-4-7-18-14(10)16/h2,4-7H,3,8H2,1H3,(H2,17,20). The Morgan fingerprint density at radius 2 is 2.30 bits per heavy atom. The van der Waals surface area contributed by atoms with Crippen LogP contribution >= 0.6 is 0 Å². The number of hydrogen-bond donors (Lipinski definition) is 1. The van der Waals surface area contributed by atoms with Crippen LogP contribution in [-0.2, 0) is 6.54 Å². The van der Waals surface area contributed by atoms with Gasteiger partial charge >= 0.3 is 0 Å². The van der Waals surface area contributed by atoms with Gasteiger partial charge in [-0.2, -0.15) is 4.39 Å². The van der Waals surface area contributed by atoms with E-state index in [-0.39, 0.29) is 0 Å². The molecule has 0 saturated heterocycles. The molecule has 1 amide bonds. The summed E-state index contributed by atoms with van der Waals surface area (Å²) in [4.78, 5) is 15.4. The predicted octanol–water partition coefficient (Wildman–Crippen LogP) is 2.51. The van der Waals surface area contributed by atoms with Crippen molar-refractivity contribution in [1.29, 1.82) is 0 Å². The maximum absolute atomic E-state index is 14.0. The van der Waals surface area contributed by atoms with E-state index in [1.165, 1.54) is 6.20 Å². The van der Waals surface area contributed by atoms with E-state index in [1.54, 1.807) is 19.1 Å². The maximum atomic E-state index is 14.0. The fourth-order valence-electron chi connectivity index (χ4n) is 2.79. The van der Waals surface area contributed by atoms with E-state index in [0.717, 1.165) is 12.1 Å². The number of carbonyl (C=O) groups excluding carboxylic acids is 1. The minimum absolute atomic E-state index is 0.397. The minimum atomic E-state index is -0.540. The molecule has 3 rings (SSSR count). The molecule has 20 heavy (non-hydrogen) atoms. The molecular formula is C15H14FN3O. The molecule has 0 unspecified atom stereocenters. The van der Waals surface area contributed by atoms with E-state index >= 15 is 0 Å². The third-order valence-electron chi connectivity index (χ3n) is 3.60. The van der Waals surface area contributed by atoms with Gasteiger partial charge in [-0.25, -0.2) is 4.98 Å². The van der Waals surface area contributed by atoms with Crippen molar-refractivity contribution in [3.8, 4) is 11.3 Å². The number of nitrogens with zero attached hydrogens (tertiary/aromatic N) is 2. The van der Waals surface area contributed by atoms with E-state index in [9.17, 15) is 9.18 Å². The van der Waals surface area contributed by atoms with Crippen molar-refractivity contribution >= 4 is 12.0 Å². The highest BCUT2D eigenvalue weighted by molar-refractivity contribution is 6.00. The Hall–Kier alpha value is -2.43. The maximum Gasteiger partial charge on any atom is 0.251 e. The van der Waals surface area contributed by atoms with Crippen LogP contribution in [0.1, 0.15) is 28.0 Å². The molecule has 2 N–H and O–H groups in total. The van der Waals surface area contributed by atoms with Crippen molar-refractivity contribution in [2.75, 3.05) is 0 Å². The van der Waals surface area contributed by atoms with E-state index in [0.29, 0.717) is 28.9 Å². The fourth-order valence-corrected chi connectivity index (χ4v) is 2.79. The fraction of sp³-hybridized carbons (Fsp3) is 0.200. The third kappa shape index (κ3) is 1.74. The second kappa shape index (κ2) is 4.59. The van der Waals surface area contributed by atoms with Crippen molar-refractivity contribution in [3.05, 3.63) is 47.2 Å². The Morgan fingerprint density at radius 1 is 1.50 bits per heavy atom. The van der Waals surface area contributed by atoms with Crippen molar-refractivity contribution in [2.45, 2.75) is 19.9 Å². The number of allylic oxidation sites excluding steroid dienone is 1. The predicted molar refractivity (Wildman–Crippen MR) is 74.5 cm³/mol. The molecule has 0 bridgehead atoms. The van der Waals surface area contributed by atoms with Gasteiger partial charge in [0.05, 0.1) is 22.5 Å². The summed E-state index contributed by atoms with van der Waals surface area (Å²) in [7, 11) is 0. The Labute approximate surface area is 115 Å². The second-order valence-corrected chi connectivity index (χ2v) is 4.78. The first kappa shape index (κ1) is 12.6. The molecule has 0 spiro atoms. The number of rotatable bonds is 2. The lowest BCUT2D eigenvalue weighted by molar-refractivity contribution is 0.0999. The third-order valence-corrected chi connectivity index (χ3v) is 3.60. The van der Waals surface area contributed by atoms with Crippen LogP contribution < -0.4 is 5.73 Å². The van der Waals surface area contributed by atoms with Gasteiger partial charge in [-0.3, -0.25) is 4.79 Å². The molecule has 3 heterocycles. The van der Waals surface area contributed by atoms with Gasteiger partial charge in [0.1, 0.15) is 0 Å². The number of amides is 1. The first-order chi connectivity index (χ1) is 9.61. The Bertz CT molecular complexity index is 731. The molecule has 0 atom stereocenters. The molecular weight excluding hydrogens is 257 g/mol. The molecule has 0 radical (unpaired) electrons. The topological polar surface area (TPSA) is 60.9 Å². The smallest absolute Gasteiger partial charge is 0.251 e. The van der Waals surface area contributed by atoms with E-state index in [4.69, 9.17) is 5.73 Å². The van der Waals surface area contributed by atoms with E-state index in [1.807, 2.05) is 16.7 Å². The van der Waals surface area contributed by atoms with Crippen molar-refractivity contribution in [3.63, 3.8) is 0 Å². The molecule has 102 valence electrons. The summed E-state index contributed by atoms with van der Waals surface area (Å²) < 4.78 is 15.9. The number of halogens is 1. The Balaban J connectivity index is 2.35. The highest BCUT2D eigenvalue weighted by Gasteiger charge is 2.25. The van der Waals surface area contributed by atoms with Crippen molar-refractivity contribution < 1.29 is 9.18 Å². The molecule has 0 aliphatic carbocycles. The molecule has 2 aromatic heterocycles. The zero-order valence-corrected chi connectivity index (χ0v) is 11.1. The van der Waals surface area contributed by atoms with Gasteiger partial charge in [-0.15, -0.1) is 0 Å². The van der Waals surface area contributed by atoms with Crippen LogP contribution in [0.5, 0.6) is 0 Å². The van der Waals surface area contributed by atoms with Crippen LogP contribution in [-0.4, -0.2) is 15.5 Å².